The van der Waals surface area contributed by atoms with Crippen molar-refractivity contribution in [2.24, 2.45) is 0 Å². The highest BCUT2D eigenvalue weighted by atomic mass is 35.5. The molecule has 0 amide bonds. The summed E-state index contributed by atoms with van der Waals surface area (Å²) in [5.74, 6) is 0.966. The average Bonchev–Trinajstić information content (AvgIpc) is 2.86. The summed E-state index contributed by atoms with van der Waals surface area (Å²) in [6.45, 7) is 2.07. The maximum Gasteiger partial charge on any atom is 0.242 e. The Hall–Kier alpha value is -0.740. The summed E-state index contributed by atoms with van der Waals surface area (Å²) < 4.78 is 27.8. The Balaban J connectivity index is 2.24. The van der Waals surface area contributed by atoms with Gasteiger partial charge < -0.3 is 0 Å². The van der Waals surface area contributed by atoms with Crippen molar-refractivity contribution < 1.29 is 8.42 Å². The topological polar surface area (TPSA) is 70.0 Å². The number of sulfonamides is 1. The molecule has 0 heterocycles. The molecular formula is C14H17ClN2O2S2. The molecule has 1 aliphatic rings. The Morgan fingerprint density at radius 1 is 1.48 bits per heavy atom. The van der Waals surface area contributed by atoms with Crippen LogP contribution < -0.4 is 4.72 Å². The lowest BCUT2D eigenvalue weighted by atomic mass is 10.2. The van der Waals surface area contributed by atoms with Crippen molar-refractivity contribution in [1.82, 2.24) is 4.72 Å². The van der Waals surface area contributed by atoms with Crippen molar-refractivity contribution in [1.29, 1.82) is 5.26 Å². The molecule has 7 heteroatoms. The Morgan fingerprint density at radius 3 is 2.90 bits per heavy atom. The number of halogens is 1. The standard InChI is InChI=1S/C14H17ClN2O2S2/c1-2-20-13-5-3-4-12(13)17-21(18,19)14-8-10(9-16)6-7-11(14)15/h6-8,12-13,17H,2-5H2,1H3. The van der Waals surface area contributed by atoms with Gasteiger partial charge in [0.05, 0.1) is 16.7 Å². The van der Waals surface area contributed by atoms with Crippen LogP contribution in [0, 0.1) is 11.3 Å². The Kier molecular flexibility index (Phi) is 5.55. The molecule has 4 nitrogen and oxygen atoms in total. The lowest BCUT2D eigenvalue weighted by Crippen LogP contribution is -2.38. The number of nitriles is 1. The molecule has 114 valence electrons. The summed E-state index contributed by atoms with van der Waals surface area (Å²) in [6.07, 6.45) is 2.89. The zero-order chi connectivity index (χ0) is 15.5. The number of rotatable bonds is 5. The first-order chi connectivity index (χ1) is 9.97. The van der Waals surface area contributed by atoms with Gasteiger partial charge in [0.25, 0.3) is 0 Å². The van der Waals surface area contributed by atoms with Gasteiger partial charge in [-0.05, 0) is 36.8 Å². The van der Waals surface area contributed by atoms with Gasteiger partial charge in [0.2, 0.25) is 10.0 Å². The van der Waals surface area contributed by atoms with Crippen LogP contribution in [0.3, 0.4) is 0 Å². The molecule has 1 fully saturated rings. The molecular weight excluding hydrogens is 328 g/mol. The second-order valence-electron chi connectivity index (χ2n) is 4.91. The van der Waals surface area contributed by atoms with Crippen LogP contribution in [-0.2, 0) is 10.0 Å². The number of thioether (sulfide) groups is 1. The number of nitrogens with zero attached hydrogens (tertiary/aromatic N) is 1. The van der Waals surface area contributed by atoms with Crippen LogP contribution in [0.5, 0.6) is 0 Å². The van der Waals surface area contributed by atoms with E-state index in [-0.39, 0.29) is 21.5 Å². The van der Waals surface area contributed by atoms with Crippen molar-refractivity contribution >= 4 is 33.4 Å². The highest BCUT2D eigenvalue weighted by Crippen LogP contribution is 2.31. The van der Waals surface area contributed by atoms with E-state index in [1.54, 1.807) is 11.8 Å². The Morgan fingerprint density at radius 2 is 2.24 bits per heavy atom. The van der Waals surface area contributed by atoms with Gasteiger partial charge >= 0.3 is 0 Å². The van der Waals surface area contributed by atoms with Crippen LogP contribution in [0.4, 0.5) is 0 Å². The molecule has 0 saturated heterocycles. The zero-order valence-electron chi connectivity index (χ0n) is 11.7. The van der Waals surface area contributed by atoms with Gasteiger partial charge in [-0.15, -0.1) is 0 Å². The molecule has 0 aromatic heterocycles. The second-order valence-corrected chi connectivity index (χ2v) is 8.52. The fraction of sp³-hybridized carbons (Fsp3) is 0.500. The minimum Gasteiger partial charge on any atom is -0.207 e. The van der Waals surface area contributed by atoms with E-state index in [1.807, 2.05) is 6.07 Å². The monoisotopic (exact) mass is 344 g/mol. The second kappa shape index (κ2) is 7.01. The summed E-state index contributed by atoms with van der Waals surface area (Å²) in [4.78, 5) is -0.0182. The van der Waals surface area contributed by atoms with Crippen LogP contribution in [0.25, 0.3) is 0 Å². The Labute approximate surface area is 134 Å². The predicted octanol–water partition coefficient (Wildman–Crippen LogP) is 3.16. The van der Waals surface area contributed by atoms with Crippen LogP contribution in [0.1, 0.15) is 31.7 Å². The fourth-order valence-electron chi connectivity index (χ4n) is 2.52. The number of hydrogen-bond donors (Lipinski definition) is 1. The summed E-state index contributed by atoms with van der Waals surface area (Å²) in [7, 11) is -3.70. The quantitative estimate of drug-likeness (QED) is 0.890. The van der Waals surface area contributed by atoms with Gasteiger partial charge in [0.1, 0.15) is 4.90 Å². The highest BCUT2D eigenvalue weighted by molar-refractivity contribution is 8.00. The van der Waals surface area contributed by atoms with Crippen molar-refractivity contribution in [3.8, 4) is 6.07 Å². The lowest BCUT2D eigenvalue weighted by molar-refractivity contribution is 0.555. The van der Waals surface area contributed by atoms with E-state index >= 15 is 0 Å². The summed E-state index contributed by atoms with van der Waals surface area (Å²) in [5.41, 5.74) is 0.283. The van der Waals surface area contributed by atoms with E-state index < -0.39 is 10.0 Å². The van der Waals surface area contributed by atoms with Gasteiger partial charge in [0.15, 0.2) is 0 Å². The van der Waals surface area contributed by atoms with Crippen LogP contribution in [0.2, 0.25) is 5.02 Å². The van der Waals surface area contributed by atoms with E-state index in [9.17, 15) is 8.42 Å². The predicted molar refractivity (Wildman–Crippen MR) is 86.0 cm³/mol. The van der Waals surface area contributed by atoms with Crippen LogP contribution in [-0.4, -0.2) is 25.5 Å². The molecule has 1 aliphatic carbocycles. The normalized spacial score (nSPS) is 22.1. The molecule has 2 rings (SSSR count). The van der Waals surface area contributed by atoms with E-state index in [2.05, 4.69) is 11.6 Å². The summed E-state index contributed by atoms with van der Waals surface area (Å²) in [5, 5.41) is 9.35. The number of hydrogen-bond acceptors (Lipinski definition) is 4. The molecule has 1 aromatic carbocycles. The molecule has 0 radical (unpaired) electrons. The first kappa shape index (κ1) is 16.6. The molecule has 2 atom stereocenters. The van der Waals surface area contributed by atoms with Crippen LogP contribution >= 0.6 is 23.4 Å². The van der Waals surface area contributed by atoms with E-state index in [0.29, 0.717) is 5.25 Å². The largest absolute Gasteiger partial charge is 0.242 e. The summed E-state index contributed by atoms with van der Waals surface area (Å²) in [6, 6.07) is 6.14. The van der Waals surface area contributed by atoms with E-state index in [4.69, 9.17) is 16.9 Å². The maximum atomic E-state index is 12.5. The minimum absolute atomic E-state index is 0.0182. The first-order valence-corrected chi connectivity index (χ1v) is 9.72. The molecule has 0 spiro atoms. The molecule has 21 heavy (non-hydrogen) atoms. The number of benzene rings is 1. The SMILES string of the molecule is CCSC1CCCC1NS(=O)(=O)c1cc(C#N)ccc1Cl. The maximum absolute atomic E-state index is 12.5. The Bertz CT molecular complexity index is 655. The molecule has 0 bridgehead atoms. The van der Waals surface area contributed by atoms with Gasteiger partial charge in [-0.3, -0.25) is 0 Å². The number of nitrogens with one attached hydrogen (secondary N) is 1. The van der Waals surface area contributed by atoms with E-state index in [1.165, 1.54) is 18.2 Å². The average molecular weight is 345 g/mol. The zero-order valence-corrected chi connectivity index (χ0v) is 14.1. The molecule has 0 aliphatic heterocycles. The third-order valence-electron chi connectivity index (χ3n) is 3.49. The molecule has 2 unspecified atom stereocenters. The van der Waals surface area contributed by atoms with Crippen molar-refractivity contribution in [3.63, 3.8) is 0 Å². The van der Waals surface area contributed by atoms with Crippen molar-refractivity contribution in [3.05, 3.63) is 28.8 Å². The molecule has 1 aromatic rings. The first-order valence-electron chi connectivity index (χ1n) is 6.81. The van der Waals surface area contributed by atoms with Gasteiger partial charge in [-0.2, -0.15) is 17.0 Å². The lowest BCUT2D eigenvalue weighted by Gasteiger charge is -2.20. The van der Waals surface area contributed by atoms with Gasteiger partial charge in [-0.1, -0.05) is 24.9 Å². The molecule has 1 saturated carbocycles. The fourth-order valence-corrected chi connectivity index (χ4v) is 5.64. The highest BCUT2D eigenvalue weighted by Gasteiger charge is 2.32. The van der Waals surface area contributed by atoms with Crippen molar-refractivity contribution in [2.45, 2.75) is 42.4 Å². The van der Waals surface area contributed by atoms with E-state index in [0.717, 1.165) is 25.0 Å². The van der Waals surface area contributed by atoms with Crippen molar-refractivity contribution in [2.75, 3.05) is 5.75 Å². The third-order valence-corrected chi connectivity index (χ3v) is 6.79. The smallest absolute Gasteiger partial charge is 0.207 e. The third kappa shape index (κ3) is 3.92. The molecule has 1 N–H and O–H groups in total. The summed E-state index contributed by atoms with van der Waals surface area (Å²) >= 11 is 7.77. The van der Waals surface area contributed by atoms with Gasteiger partial charge in [0, 0.05) is 11.3 Å². The van der Waals surface area contributed by atoms with Crippen LogP contribution in [0.15, 0.2) is 23.1 Å². The van der Waals surface area contributed by atoms with Gasteiger partial charge in [-0.25, -0.2) is 13.1 Å². The minimum atomic E-state index is -3.70.